The van der Waals surface area contributed by atoms with Gasteiger partial charge in [-0.05, 0) is 24.8 Å². The molecule has 1 aromatic carbocycles. The highest BCUT2D eigenvalue weighted by Crippen LogP contribution is 2.13. The molecule has 18 heavy (non-hydrogen) atoms. The third-order valence-electron chi connectivity index (χ3n) is 3.23. The van der Waals surface area contributed by atoms with Gasteiger partial charge in [-0.1, -0.05) is 30.3 Å². The van der Waals surface area contributed by atoms with Gasteiger partial charge in [0.1, 0.15) is 6.61 Å². The van der Waals surface area contributed by atoms with Crippen LogP contribution in [0.2, 0.25) is 0 Å². The minimum absolute atomic E-state index is 0.0686. The second-order valence-electron chi connectivity index (χ2n) is 4.67. The van der Waals surface area contributed by atoms with Crippen LogP contribution in [-0.4, -0.2) is 32.2 Å². The lowest BCUT2D eigenvalue weighted by Crippen LogP contribution is -2.20. The van der Waals surface area contributed by atoms with Gasteiger partial charge in [-0.2, -0.15) is 0 Å². The molecule has 0 amide bonds. The van der Waals surface area contributed by atoms with Crippen molar-refractivity contribution in [2.24, 2.45) is 5.92 Å². The number of aryl methyl sites for hydroxylation is 1. The molecule has 0 radical (unpaired) electrons. The SMILES string of the molecule is O=C(COCCCc1ccccc1)C1CCOC1. The molecule has 0 spiro atoms. The van der Waals surface area contributed by atoms with Crippen molar-refractivity contribution in [2.75, 3.05) is 26.4 Å². The zero-order valence-electron chi connectivity index (χ0n) is 10.6. The van der Waals surface area contributed by atoms with Crippen LogP contribution in [0.4, 0.5) is 0 Å². The van der Waals surface area contributed by atoms with Crippen molar-refractivity contribution >= 4 is 5.78 Å². The molecule has 2 rings (SSSR count). The Balaban J connectivity index is 1.54. The van der Waals surface area contributed by atoms with E-state index in [1.165, 1.54) is 5.56 Å². The molecule has 3 nitrogen and oxygen atoms in total. The first-order chi connectivity index (χ1) is 8.86. The summed E-state index contributed by atoms with van der Waals surface area (Å²) in [6.07, 6.45) is 2.81. The van der Waals surface area contributed by atoms with Crippen LogP contribution >= 0.6 is 0 Å². The number of benzene rings is 1. The molecule has 1 saturated heterocycles. The van der Waals surface area contributed by atoms with Crippen molar-refractivity contribution in [2.45, 2.75) is 19.3 Å². The molecule has 0 bridgehead atoms. The number of ketones is 1. The predicted molar refractivity (Wildman–Crippen MR) is 69.5 cm³/mol. The second kappa shape index (κ2) is 7.29. The molecule has 0 N–H and O–H groups in total. The fraction of sp³-hybridized carbons (Fsp3) is 0.533. The summed E-state index contributed by atoms with van der Waals surface area (Å²) in [5.74, 6) is 0.256. The van der Waals surface area contributed by atoms with E-state index in [0.29, 0.717) is 19.8 Å². The Hall–Kier alpha value is -1.19. The summed E-state index contributed by atoms with van der Waals surface area (Å²) in [5.41, 5.74) is 1.32. The molecule has 1 fully saturated rings. The topological polar surface area (TPSA) is 35.5 Å². The lowest BCUT2D eigenvalue weighted by atomic mass is 10.0. The van der Waals surface area contributed by atoms with Crippen LogP contribution in [0, 0.1) is 5.92 Å². The highest BCUT2D eigenvalue weighted by Gasteiger charge is 2.22. The minimum Gasteiger partial charge on any atom is -0.381 e. The summed E-state index contributed by atoms with van der Waals surface area (Å²) in [6, 6.07) is 10.3. The number of rotatable bonds is 7. The lowest BCUT2D eigenvalue weighted by Gasteiger charge is -2.07. The van der Waals surface area contributed by atoms with Gasteiger partial charge in [-0.3, -0.25) is 4.79 Å². The number of carbonyl (C=O) groups is 1. The van der Waals surface area contributed by atoms with Gasteiger partial charge < -0.3 is 9.47 Å². The van der Waals surface area contributed by atoms with E-state index in [2.05, 4.69) is 12.1 Å². The lowest BCUT2D eigenvalue weighted by molar-refractivity contribution is -0.127. The Bertz CT molecular complexity index is 355. The maximum Gasteiger partial charge on any atom is 0.163 e. The van der Waals surface area contributed by atoms with Crippen LogP contribution < -0.4 is 0 Å². The third-order valence-corrected chi connectivity index (χ3v) is 3.23. The first-order valence-electron chi connectivity index (χ1n) is 6.58. The molecule has 1 aliphatic heterocycles. The van der Waals surface area contributed by atoms with E-state index in [0.717, 1.165) is 19.3 Å². The number of hydrogen-bond acceptors (Lipinski definition) is 3. The van der Waals surface area contributed by atoms with Crippen molar-refractivity contribution in [3.05, 3.63) is 35.9 Å². The largest absolute Gasteiger partial charge is 0.381 e. The molecule has 98 valence electrons. The van der Waals surface area contributed by atoms with Gasteiger partial charge in [0.15, 0.2) is 5.78 Å². The molecule has 3 heteroatoms. The Morgan fingerprint density at radius 3 is 2.89 bits per heavy atom. The molecule has 1 heterocycles. The van der Waals surface area contributed by atoms with Crippen LogP contribution in [0.3, 0.4) is 0 Å². The van der Waals surface area contributed by atoms with Crippen LogP contribution in [-0.2, 0) is 20.7 Å². The highest BCUT2D eigenvalue weighted by atomic mass is 16.5. The molecule has 0 aromatic heterocycles. The zero-order valence-corrected chi connectivity index (χ0v) is 10.6. The summed E-state index contributed by atoms with van der Waals surface area (Å²) in [5, 5.41) is 0. The van der Waals surface area contributed by atoms with Gasteiger partial charge in [0, 0.05) is 19.1 Å². The van der Waals surface area contributed by atoms with Gasteiger partial charge in [0.25, 0.3) is 0 Å². The Kier molecular flexibility index (Phi) is 5.36. The Morgan fingerprint density at radius 2 is 2.17 bits per heavy atom. The molecule has 0 saturated carbocycles. The monoisotopic (exact) mass is 248 g/mol. The van der Waals surface area contributed by atoms with Crippen LogP contribution in [0.1, 0.15) is 18.4 Å². The predicted octanol–water partition coefficient (Wildman–Crippen LogP) is 2.24. The summed E-state index contributed by atoms with van der Waals surface area (Å²) in [4.78, 5) is 11.7. The van der Waals surface area contributed by atoms with E-state index in [9.17, 15) is 4.79 Å². The fourth-order valence-electron chi connectivity index (χ4n) is 2.10. The molecule has 0 aliphatic carbocycles. The smallest absolute Gasteiger partial charge is 0.163 e. The third kappa shape index (κ3) is 4.24. The number of ether oxygens (including phenoxy) is 2. The molecule has 1 atom stereocenters. The van der Waals surface area contributed by atoms with Crippen molar-refractivity contribution in [3.8, 4) is 0 Å². The number of Topliss-reactive ketones (excluding diaryl/α,β-unsaturated/α-hetero) is 1. The summed E-state index contributed by atoms with van der Waals surface area (Å²) >= 11 is 0. The average Bonchev–Trinajstić information content (AvgIpc) is 2.93. The standard InChI is InChI=1S/C15H20O3/c16-15(14-8-10-18-11-14)12-17-9-4-7-13-5-2-1-3-6-13/h1-3,5-6,14H,4,7-12H2. The van der Waals surface area contributed by atoms with E-state index in [-0.39, 0.29) is 18.3 Å². The maximum atomic E-state index is 11.7. The van der Waals surface area contributed by atoms with Crippen LogP contribution in [0.15, 0.2) is 30.3 Å². The van der Waals surface area contributed by atoms with Crippen LogP contribution in [0.25, 0.3) is 0 Å². The summed E-state index contributed by atoms with van der Waals surface area (Å²) in [6.45, 7) is 2.17. The fourth-order valence-corrected chi connectivity index (χ4v) is 2.10. The molecule has 1 unspecified atom stereocenters. The maximum absolute atomic E-state index is 11.7. The van der Waals surface area contributed by atoms with Crippen molar-refractivity contribution in [3.63, 3.8) is 0 Å². The van der Waals surface area contributed by atoms with Gasteiger partial charge in [-0.15, -0.1) is 0 Å². The Morgan fingerprint density at radius 1 is 1.33 bits per heavy atom. The van der Waals surface area contributed by atoms with Gasteiger partial charge in [0.2, 0.25) is 0 Å². The number of carbonyl (C=O) groups excluding carboxylic acids is 1. The Labute approximate surface area is 108 Å². The summed E-state index contributed by atoms with van der Waals surface area (Å²) < 4.78 is 10.6. The van der Waals surface area contributed by atoms with E-state index in [1.54, 1.807) is 0 Å². The quantitative estimate of drug-likeness (QED) is 0.694. The van der Waals surface area contributed by atoms with E-state index in [1.807, 2.05) is 18.2 Å². The van der Waals surface area contributed by atoms with E-state index < -0.39 is 0 Å². The van der Waals surface area contributed by atoms with Crippen molar-refractivity contribution in [1.29, 1.82) is 0 Å². The van der Waals surface area contributed by atoms with Gasteiger partial charge >= 0.3 is 0 Å². The molecular formula is C15H20O3. The van der Waals surface area contributed by atoms with Crippen LogP contribution in [0.5, 0.6) is 0 Å². The first-order valence-corrected chi connectivity index (χ1v) is 6.58. The van der Waals surface area contributed by atoms with E-state index in [4.69, 9.17) is 9.47 Å². The molecular weight excluding hydrogens is 228 g/mol. The first kappa shape index (κ1) is 13.2. The molecule has 1 aliphatic rings. The number of hydrogen-bond donors (Lipinski definition) is 0. The normalized spacial score (nSPS) is 19.0. The summed E-state index contributed by atoms with van der Waals surface area (Å²) in [7, 11) is 0. The van der Waals surface area contributed by atoms with Crippen molar-refractivity contribution in [1.82, 2.24) is 0 Å². The highest BCUT2D eigenvalue weighted by molar-refractivity contribution is 5.82. The van der Waals surface area contributed by atoms with Crippen molar-refractivity contribution < 1.29 is 14.3 Å². The van der Waals surface area contributed by atoms with Gasteiger partial charge in [0.05, 0.1) is 6.61 Å². The average molecular weight is 248 g/mol. The minimum atomic E-state index is 0.0686. The zero-order chi connectivity index (χ0) is 12.6. The molecule has 1 aromatic rings. The van der Waals surface area contributed by atoms with Gasteiger partial charge in [-0.25, -0.2) is 0 Å². The van der Waals surface area contributed by atoms with E-state index >= 15 is 0 Å². The second-order valence-corrected chi connectivity index (χ2v) is 4.67.